The minimum absolute atomic E-state index is 0.123. The number of hydrogen-bond donors (Lipinski definition) is 1. The van der Waals surface area contributed by atoms with Gasteiger partial charge in [-0.05, 0) is 31.4 Å². The number of nitrogens with zero attached hydrogens (tertiary/aromatic N) is 2. The number of rotatable bonds is 6. The SMILES string of the molecule is COC(=O)[C@@H](CC(C)C)NC(=O)Cn1c(C)nc2ccccc21. The molecule has 2 aromatic rings. The summed E-state index contributed by atoms with van der Waals surface area (Å²) in [5.74, 6) is 0.390. The molecule has 6 heteroatoms. The van der Waals surface area contributed by atoms with Crippen LogP contribution in [0.4, 0.5) is 0 Å². The summed E-state index contributed by atoms with van der Waals surface area (Å²) in [4.78, 5) is 28.6. The zero-order valence-corrected chi connectivity index (χ0v) is 14.0. The van der Waals surface area contributed by atoms with Crippen LogP contribution in [0.2, 0.25) is 0 Å². The van der Waals surface area contributed by atoms with E-state index in [0.717, 1.165) is 16.9 Å². The number of aromatic nitrogens is 2. The number of aryl methyl sites for hydroxylation is 1. The first kappa shape index (κ1) is 17.0. The van der Waals surface area contributed by atoms with Crippen molar-refractivity contribution in [1.82, 2.24) is 14.9 Å². The Morgan fingerprint density at radius 2 is 2.00 bits per heavy atom. The maximum Gasteiger partial charge on any atom is 0.328 e. The molecule has 23 heavy (non-hydrogen) atoms. The quantitative estimate of drug-likeness (QED) is 0.828. The molecule has 0 saturated heterocycles. The van der Waals surface area contributed by atoms with E-state index in [4.69, 9.17) is 4.74 Å². The van der Waals surface area contributed by atoms with Gasteiger partial charge in [-0.1, -0.05) is 26.0 Å². The number of nitrogens with one attached hydrogen (secondary N) is 1. The van der Waals surface area contributed by atoms with Gasteiger partial charge in [0.1, 0.15) is 18.4 Å². The van der Waals surface area contributed by atoms with Crippen LogP contribution in [0.25, 0.3) is 11.0 Å². The lowest BCUT2D eigenvalue weighted by molar-refractivity contribution is -0.145. The number of hydrogen-bond acceptors (Lipinski definition) is 4. The molecule has 1 heterocycles. The Bertz CT molecular complexity index is 706. The van der Waals surface area contributed by atoms with Crippen LogP contribution in [0, 0.1) is 12.8 Å². The van der Waals surface area contributed by atoms with Crippen molar-refractivity contribution < 1.29 is 14.3 Å². The van der Waals surface area contributed by atoms with Gasteiger partial charge in [0.25, 0.3) is 0 Å². The van der Waals surface area contributed by atoms with Crippen LogP contribution in [0.3, 0.4) is 0 Å². The zero-order chi connectivity index (χ0) is 17.0. The highest BCUT2D eigenvalue weighted by Gasteiger charge is 2.23. The molecule has 0 unspecified atom stereocenters. The second-order valence-corrected chi connectivity index (χ2v) is 6.01. The minimum Gasteiger partial charge on any atom is -0.467 e. The number of benzene rings is 1. The molecule has 0 aliphatic rings. The highest BCUT2D eigenvalue weighted by molar-refractivity contribution is 5.85. The summed E-state index contributed by atoms with van der Waals surface area (Å²) in [6.45, 7) is 5.97. The smallest absolute Gasteiger partial charge is 0.328 e. The van der Waals surface area contributed by atoms with E-state index in [9.17, 15) is 9.59 Å². The average molecular weight is 317 g/mol. The lowest BCUT2D eigenvalue weighted by Gasteiger charge is -2.18. The van der Waals surface area contributed by atoms with E-state index < -0.39 is 12.0 Å². The molecule has 0 aliphatic heterocycles. The van der Waals surface area contributed by atoms with Gasteiger partial charge in [-0.15, -0.1) is 0 Å². The van der Waals surface area contributed by atoms with Crippen molar-refractivity contribution in [3.63, 3.8) is 0 Å². The highest BCUT2D eigenvalue weighted by Crippen LogP contribution is 2.15. The Labute approximate surface area is 135 Å². The fourth-order valence-corrected chi connectivity index (χ4v) is 2.61. The number of methoxy groups -OCH3 is 1. The molecular weight excluding hydrogens is 294 g/mol. The molecule has 1 aromatic carbocycles. The number of ether oxygens (including phenoxy) is 1. The molecule has 1 atom stereocenters. The molecule has 0 bridgehead atoms. The molecule has 0 saturated carbocycles. The Morgan fingerprint density at radius 3 is 2.65 bits per heavy atom. The number of carbonyl (C=O) groups is 2. The van der Waals surface area contributed by atoms with Gasteiger partial charge < -0.3 is 14.6 Å². The van der Waals surface area contributed by atoms with Crippen LogP contribution >= 0.6 is 0 Å². The van der Waals surface area contributed by atoms with Crippen molar-refractivity contribution in [2.24, 2.45) is 5.92 Å². The number of fused-ring (bicyclic) bond motifs is 1. The molecule has 2 rings (SSSR count). The summed E-state index contributed by atoms with van der Waals surface area (Å²) in [7, 11) is 1.33. The van der Waals surface area contributed by atoms with Crippen molar-refractivity contribution >= 4 is 22.9 Å². The maximum atomic E-state index is 12.4. The highest BCUT2D eigenvalue weighted by atomic mass is 16.5. The lowest BCUT2D eigenvalue weighted by Crippen LogP contribution is -2.43. The predicted octanol–water partition coefficient (Wildman–Crippen LogP) is 2.05. The number of imidazole rings is 1. The van der Waals surface area contributed by atoms with E-state index in [1.807, 2.05) is 49.6 Å². The van der Waals surface area contributed by atoms with Crippen LogP contribution in [-0.2, 0) is 20.9 Å². The Balaban J connectivity index is 2.13. The third-order valence-electron chi connectivity index (χ3n) is 3.68. The normalized spacial score (nSPS) is 12.4. The number of esters is 1. The van der Waals surface area contributed by atoms with Crippen LogP contribution in [0.15, 0.2) is 24.3 Å². The van der Waals surface area contributed by atoms with E-state index in [-0.39, 0.29) is 18.4 Å². The largest absolute Gasteiger partial charge is 0.467 e. The number of para-hydroxylation sites is 2. The summed E-state index contributed by atoms with van der Waals surface area (Å²) in [6, 6.07) is 7.03. The predicted molar refractivity (Wildman–Crippen MR) is 87.9 cm³/mol. The number of carbonyl (C=O) groups excluding carboxylic acids is 2. The van der Waals surface area contributed by atoms with E-state index >= 15 is 0 Å². The fraction of sp³-hybridized carbons (Fsp3) is 0.471. The van der Waals surface area contributed by atoms with Gasteiger partial charge in [-0.25, -0.2) is 9.78 Å². The van der Waals surface area contributed by atoms with Gasteiger partial charge in [0, 0.05) is 0 Å². The van der Waals surface area contributed by atoms with Gasteiger partial charge in [-0.2, -0.15) is 0 Å². The first-order valence-corrected chi connectivity index (χ1v) is 7.71. The van der Waals surface area contributed by atoms with Gasteiger partial charge in [-0.3, -0.25) is 4.79 Å². The van der Waals surface area contributed by atoms with Gasteiger partial charge in [0.05, 0.1) is 18.1 Å². The van der Waals surface area contributed by atoms with Gasteiger partial charge in [0.15, 0.2) is 0 Å². The Hall–Kier alpha value is -2.37. The second kappa shape index (κ2) is 7.26. The topological polar surface area (TPSA) is 73.2 Å². The van der Waals surface area contributed by atoms with Gasteiger partial charge >= 0.3 is 5.97 Å². The minimum atomic E-state index is -0.623. The summed E-state index contributed by atoms with van der Waals surface area (Å²) >= 11 is 0. The summed E-state index contributed by atoms with van der Waals surface area (Å²) in [6.07, 6.45) is 0.544. The molecule has 1 N–H and O–H groups in total. The first-order valence-electron chi connectivity index (χ1n) is 7.71. The van der Waals surface area contributed by atoms with Crippen molar-refractivity contribution in [1.29, 1.82) is 0 Å². The van der Waals surface area contributed by atoms with E-state index in [1.54, 1.807) is 0 Å². The van der Waals surface area contributed by atoms with Gasteiger partial charge in [0.2, 0.25) is 5.91 Å². The van der Waals surface area contributed by atoms with E-state index in [0.29, 0.717) is 6.42 Å². The lowest BCUT2D eigenvalue weighted by atomic mass is 10.0. The summed E-state index contributed by atoms with van der Waals surface area (Å²) < 4.78 is 6.61. The number of amides is 1. The molecule has 0 radical (unpaired) electrons. The third kappa shape index (κ3) is 4.09. The van der Waals surface area contributed by atoms with Crippen molar-refractivity contribution in [2.45, 2.75) is 39.8 Å². The summed E-state index contributed by atoms with van der Waals surface area (Å²) in [5.41, 5.74) is 1.75. The third-order valence-corrected chi connectivity index (χ3v) is 3.68. The molecule has 0 spiro atoms. The molecule has 0 fully saturated rings. The fourth-order valence-electron chi connectivity index (χ4n) is 2.61. The first-order chi connectivity index (χ1) is 10.9. The second-order valence-electron chi connectivity index (χ2n) is 6.01. The Kier molecular flexibility index (Phi) is 5.36. The van der Waals surface area contributed by atoms with Crippen LogP contribution < -0.4 is 5.32 Å². The molecule has 1 aromatic heterocycles. The van der Waals surface area contributed by atoms with E-state index in [1.165, 1.54) is 7.11 Å². The van der Waals surface area contributed by atoms with Crippen LogP contribution in [0.5, 0.6) is 0 Å². The molecule has 124 valence electrons. The maximum absolute atomic E-state index is 12.4. The molecule has 6 nitrogen and oxygen atoms in total. The molecule has 0 aliphatic carbocycles. The molecular formula is C17H23N3O3. The van der Waals surface area contributed by atoms with Crippen LogP contribution in [0.1, 0.15) is 26.1 Å². The van der Waals surface area contributed by atoms with Crippen molar-refractivity contribution in [3.8, 4) is 0 Å². The zero-order valence-electron chi connectivity index (χ0n) is 14.0. The monoisotopic (exact) mass is 317 g/mol. The average Bonchev–Trinajstić information content (AvgIpc) is 2.81. The van der Waals surface area contributed by atoms with Crippen molar-refractivity contribution in [3.05, 3.63) is 30.1 Å². The Morgan fingerprint density at radius 1 is 1.30 bits per heavy atom. The van der Waals surface area contributed by atoms with E-state index in [2.05, 4.69) is 10.3 Å². The summed E-state index contributed by atoms with van der Waals surface area (Å²) in [5, 5.41) is 2.77. The molecule has 1 amide bonds. The van der Waals surface area contributed by atoms with Crippen LogP contribution in [-0.4, -0.2) is 34.6 Å². The van der Waals surface area contributed by atoms with Crippen molar-refractivity contribution in [2.75, 3.05) is 7.11 Å². The standard InChI is InChI=1S/C17H23N3O3/c1-11(2)9-14(17(22)23-4)19-16(21)10-20-12(3)18-13-7-5-6-8-15(13)20/h5-8,11,14H,9-10H2,1-4H3,(H,19,21)/t14-/m1/s1.